The number of halogens is 1. The molecule has 0 bridgehead atoms. The van der Waals surface area contributed by atoms with Gasteiger partial charge in [0.15, 0.2) is 5.69 Å². The molecule has 190 valence electrons. The van der Waals surface area contributed by atoms with E-state index in [4.69, 9.17) is 20.9 Å². The van der Waals surface area contributed by atoms with Crippen molar-refractivity contribution < 1.29 is 28.2 Å². The molecular formula is C24H26FN5O5S. The lowest BCUT2D eigenvalue weighted by atomic mass is 10.0. The van der Waals surface area contributed by atoms with Crippen molar-refractivity contribution in [2.24, 2.45) is 5.73 Å². The number of primary amides is 1. The van der Waals surface area contributed by atoms with Gasteiger partial charge in [-0.1, -0.05) is 30.3 Å². The molecule has 3 rings (SSSR count). The number of hydrogen-bond donors (Lipinski definition) is 3. The zero-order valence-corrected chi connectivity index (χ0v) is 20.5. The second-order valence-electron chi connectivity index (χ2n) is 7.62. The monoisotopic (exact) mass is 515 g/mol. The molecule has 0 spiro atoms. The number of para-hydroxylation sites is 1. The number of carbonyl (C=O) groups excluding carboxylic acids is 3. The van der Waals surface area contributed by atoms with Gasteiger partial charge in [-0.2, -0.15) is 4.37 Å². The summed E-state index contributed by atoms with van der Waals surface area (Å²) in [6.45, 7) is 0.343. The lowest BCUT2D eigenvalue weighted by molar-refractivity contribution is -0.126. The van der Waals surface area contributed by atoms with Gasteiger partial charge in [0.1, 0.15) is 22.5 Å². The van der Waals surface area contributed by atoms with Gasteiger partial charge in [-0.05, 0) is 35.3 Å². The van der Waals surface area contributed by atoms with E-state index in [2.05, 4.69) is 9.69 Å². The Kier molecular flexibility index (Phi) is 8.92. The van der Waals surface area contributed by atoms with E-state index >= 15 is 0 Å². The number of benzene rings is 2. The van der Waals surface area contributed by atoms with Crippen molar-refractivity contribution in [2.45, 2.75) is 12.6 Å². The number of amides is 3. The second kappa shape index (κ2) is 12.1. The highest BCUT2D eigenvalue weighted by atomic mass is 32.1. The van der Waals surface area contributed by atoms with Gasteiger partial charge in [-0.25, -0.2) is 4.39 Å². The molecule has 0 aliphatic rings. The molecule has 0 saturated carbocycles. The molecule has 1 heterocycles. The highest BCUT2D eigenvalue weighted by molar-refractivity contribution is 7.09. The van der Waals surface area contributed by atoms with Gasteiger partial charge in [0.2, 0.25) is 5.91 Å². The lowest BCUT2D eigenvalue weighted by Gasteiger charge is -2.31. The highest BCUT2D eigenvalue weighted by Crippen LogP contribution is 2.32. The van der Waals surface area contributed by atoms with E-state index in [0.29, 0.717) is 28.4 Å². The zero-order chi connectivity index (χ0) is 26.2. The summed E-state index contributed by atoms with van der Waals surface area (Å²) in [7, 11) is 2.98. The first-order valence-electron chi connectivity index (χ1n) is 10.8. The third kappa shape index (κ3) is 5.96. The van der Waals surface area contributed by atoms with Gasteiger partial charge in [-0.15, -0.1) is 0 Å². The maximum atomic E-state index is 13.9. The number of nitrogen functional groups attached to an aromatic ring is 1. The van der Waals surface area contributed by atoms with E-state index in [9.17, 15) is 18.8 Å². The maximum Gasteiger partial charge on any atom is 0.270 e. The Morgan fingerprint density at radius 1 is 1.14 bits per heavy atom. The van der Waals surface area contributed by atoms with E-state index in [0.717, 1.165) is 0 Å². The predicted octanol–water partition coefficient (Wildman–Crippen LogP) is 2.12. The van der Waals surface area contributed by atoms with Gasteiger partial charge in [0.25, 0.3) is 11.8 Å². The van der Waals surface area contributed by atoms with Crippen molar-refractivity contribution in [3.05, 3.63) is 76.0 Å². The average molecular weight is 516 g/mol. The molecule has 0 fully saturated rings. The number of ether oxygens (including phenoxy) is 2. The minimum absolute atomic E-state index is 0.0597. The van der Waals surface area contributed by atoms with Crippen LogP contribution in [0.1, 0.15) is 37.3 Å². The van der Waals surface area contributed by atoms with Crippen LogP contribution in [0.5, 0.6) is 5.75 Å². The van der Waals surface area contributed by atoms with E-state index in [1.807, 2.05) is 0 Å². The topological polar surface area (TPSA) is 150 Å². The number of nitrogens with one attached hydrogen (secondary N) is 1. The standard InChI is InChI=1S/C24H26FN5O5S/c1-34-12-11-28-23(32)20(14-7-9-16(25)10-8-14)30(13-15-5-3-4-6-17(15)35-2)24(33)21-18(26)19(22(27)31)29-36-21/h3-10,20H,11-13,26H2,1-2H3,(H2,27,31)(H,28,32)/t20-/m0/s1. The van der Waals surface area contributed by atoms with Crippen LogP contribution in [0.3, 0.4) is 0 Å². The Morgan fingerprint density at radius 2 is 1.83 bits per heavy atom. The summed E-state index contributed by atoms with van der Waals surface area (Å²) in [5.41, 5.74) is 11.9. The van der Waals surface area contributed by atoms with Crippen LogP contribution in [0.2, 0.25) is 0 Å². The summed E-state index contributed by atoms with van der Waals surface area (Å²) in [5, 5.41) is 2.74. The molecule has 2 aromatic carbocycles. The molecule has 1 aromatic heterocycles. The maximum absolute atomic E-state index is 13.9. The molecule has 3 amide bonds. The molecule has 1 atom stereocenters. The minimum atomic E-state index is -1.20. The number of hydrogen-bond acceptors (Lipinski definition) is 8. The summed E-state index contributed by atoms with van der Waals surface area (Å²) in [6.07, 6.45) is 0. The molecule has 0 aliphatic carbocycles. The predicted molar refractivity (Wildman–Crippen MR) is 132 cm³/mol. The summed E-state index contributed by atoms with van der Waals surface area (Å²) in [6, 6.07) is 11.0. The van der Waals surface area contributed by atoms with Crippen LogP contribution in [0, 0.1) is 5.82 Å². The number of nitrogens with zero attached hydrogens (tertiary/aromatic N) is 2. The van der Waals surface area contributed by atoms with E-state index in [1.165, 1.54) is 43.4 Å². The molecule has 5 N–H and O–H groups in total. The first-order valence-corrected chi connectivity index (χ1v) is 11.6. The molecule has 0 radical (unpaired) electrons. The van der Waals surface area contributed by atoms with Gasteiger partial charge >= 0.3 is 0 Å². The Hall–Kier alpha value is -4.03. The Morgan fingerprint density at radius 3 is 2.44 bits per heavy atom. The van der Waals surface area contributed by atoms with Crippen LogP contribution in [0.15, 0.2) is 48.5 Å². The summed E-state index contributed by atoms with van der Waals surface area (Å²) >= 11 is 0.700. The van der Waals surface area contributed by atoms with Crippen LogP contribution in [-0.4, -0.2) is 54.4 Å². The normalized spacial score (nSPS) is 11.5. The summed E-state index contributed by atoms with van der Waals surface area (Å²) < 4.78 is 28.1. The van der Waals surface area contributed by atoms with Crippen LogP contribution in [-0.2, 0) is 16.1 Å². The average Bonchev–Trinajstić information content (AvgIpc) is 3.26. The molecular weight excluding hydrogens is 489 g/mol. The van der Waals surface area contributed by atoms with Gasteiger partial charge in [0, 0.05) is 19.2 Å². The third-order valence-electron chi connectivity index (χ3n) is 5.30. The number of methoxy groups -OCH3 is 2. The van der Waals surface area contributed by atoms with Crippen molar-refractivity contribution in [3.63, 3.8) is 0 Å². The largest absolute Gasteiger partial charge is 0.496 e. The van der Waals surface area contributed by atoms with Gasteiger partial charge in [-0.3, -0.25) is 14.4 Å². The number of aromatic nitrogens is 1. The van der Waals surface area contributed by atoms with Crippen LogP contribution >= 0.6 is 11.5 Å². The van der Waals surface area contributed by atoms with Crippen LogP contribution < -0.4 is 21.5 Å². The van der Waals surface area contributed by atoms with E-state index in [-0.39, 0.29) is 36.0 Å². The fraction of sp³-hybridized carbons (Fsp3) is 0.250. The fourth-order valence-corrected chi connectivity index (χ4v) is 4.31. The third-order valence-corrected chi connectivity index (χ3v) is 6.15. The molecule has 36 heavy (non-hydrogen) atoms. The van der Waals surface area contributed by atoms with Crippen molar-refractivity contribution >= 4 is 34.9 Å². The lowest BCUT2D eigenvalue weighted by Crippen LogP contribution is -2.44. The highest BCUT2D eigenvalue weighted by Gasteiger charge is 2.35. The van der Waals surface area contributed by atoms with Gasteiger partial charge < -0.3 is 31.2 Å². The Bertz CT molecular complexity index is 1230. The second-order valence-corrected chi connectivity index (χ2v) is 8.39. The van der Waals surface area contributed by atoms with Crippen LogP contribution in [0.4, 0.5) is 10.1 Å². The smallest absolute Gasteiger partial charge is 0.270 e. The zero-order valence-electron chi connectivity index (χ0n) is 19.7. The quantitative estimate of drug-likeness (QED) is 0.331. The molecule has 0 aliphatic heterocycles. The molecule has 10 nitrogen and oxygen atoms in total. The number of carbonyl (C=O) groups is 3. The molecule has 12 heteroatoms. The summed E-state index contributed by atoms with van der Waals surface area (Å²) in [4.78, 5) is 40.2. The first-order chi connectivity index (χ1) is 17.3. The molecule has 0 unspecified atom stereocenters. The first kappa shape index (κ1) is 26.6. The Labute approximate surface area is 211 Å². The minimum Gasteiger partial charge on any atom is -0.496 e. The Balaban J connectivity index is 2.14. The van der Waals surface area contributed by atoms with Gasteiger partial charge in [0.05, 0.1) is 25.9 Å². The van der Waals surface area contributed by atoms with Crippen molar-refractivity contribution in [3.8, 4) is 5.75 Å². The SMILES string of the molecule is COCCNC(=O)[C@H](c1ccc(F)cc1)N(Cc1ccccc1OC)C(=O)c1snc(C(N)=O)c1N. The van der Waals surface area contributed by atoms with E-state index < -0.39 is 29.6 Å². The van der Waals surface area contributed by atoms with Crippen LogP contribution in [0.25, 0.3) is 0 Å². The number of anilines is 1. The number of nitrogens with two attached hydrogens (primary N) is 2. The number of rotatable bonds is 11. The molecule has 3 aromatic rings. The fourth-order valence-electron chi connectivity index (χ4n) is 3.55. The summed E-state index contributed by atoms with van der Waals surface area (Å²) in [5.74, 6) is -2.09. The van der Waals surface area contributed by atoms with E-state index in [1.54, 1.807) is 24.3 Å². The molecule has 0 saturated heterocycles. The van der Waals surface area contributed by atoms with Crippen molar-refractivity contribution in [1.82, 2.24) is 14.6 Å². The van der Waals surface area contributed by atoms with Crippen molar-refractivity contribution in [2.75, 3.05) is 33.1 Å². The van der Waals surface area contributed by atoms with Crippen molar-refractivity contribution in [1.29, 1.82) is 0 Å².